The fraction of sp³-hybridized carbons (Fsp3) is 0.364. The van der Waals surface area contributed by atoms with Crippen LogP contribution in [0.4, 0.5) is 0 Å². The first-order valence-electron chi connectivity index (χ1n) is 5.02. The molecule has 1 aromatic rings. The maximum absolute atomic E-state index is 5.55. The quantitative estimate of drug-likeness (QED) is 0.575. The molecule has 4 heteroatoms. The van der Waals surface area contributed by atoms with Crippen LogP contribution in [0.5, 0.6) is 0 Å². The number of nitrogens with one attached hydrogen (secondary N) is 1. The van der Waals surface area contributed by atoms with Crippen molar-refractivity contribution in [2.24, 2.45) is 5.84 Å². The van der Waals surface area contributed by atoms with E-state index in [9.17, 15) is 0 Å². The Labute approximate surface area is 89.1 Å². The highest BCUT2D eigenvalue weighted by atomic mass is 16.5. The molecule has 1 unspecified atom stereocenters. The Morgan fingerprint density at radius 1 is 1.60 bits per heavy atom. The molecule has 0 fully saturated rings. The molecule has 15 heavy (non-hydrogen) atoms. The number of aryl methyl sites for hydroxylation is 1. The molecule has 3 N–H and O–H groups in total. The van der Waals surface area contributed by atoms with Gasteiger partial charge in [0.15, 0.2) is 0 Å². The van der Waals surface area contributed by atoms with Gasteiger partial charge < -0.3 is 4.74 Å². The molecular weight excluding hydrogens is 190 g/mol. The van der Waals surface area contributed by atoms with Crippen LogP contribution in [0.15, 0.2) is 30.3 Å². The van der Waals surface area contributed by atoms with Gasteiger partial charge in [0.05, 0.1) is 6.61 Å². The van der Waals surface area contributed by atoms with E-state index in [4.69, 9.17) is 10.6 Å². The number of nitrogens with zero attached hydrogens (tertiary/aromatic N) is 1. The van der Waals surface area contributed by atoms with E-state index in [2.05, 4.69) is 16.5 Å². The van der Waals surface area contributed by atoms with E-state index in [1.165, 1.54) is 0 Å². The van der Waals surface area contributed by atoms with Crippen LogP contribution in [0.2, 0.25) is 0 Å². The minimum absolute atomic E-state index is 0.0822. The Kier molecular flexibility index (Phi) is 2.99. The number of hydrogen-bond acceptors (Lipinski definition) is 4. The molecule has 4 nitrogen and oxygen atoms in total. The third-order valence-electron chi connectivity index (χ3n) is 2.57. The van der Waals surface area contributed by atoms with Gasteiger partial charge in [0.2, 0.25) is 0 Å². The molecule has 1 aromatic heterocycles. The highest BCUT2D eigenvalue weighted by Crippen LogP contribution is 2.27. The summed E-state index contributed by atoms with van der Waals surface area (Å²) in [5.41, 5.74) is 4.99. The van der Waals surface area contributed by atoms with Gasteiger partial charge in [-0.05, 0) is 30.2 Å². The lowest BCUT2D eigenvalue weighted by atomic mass is 10.0. The normalized spacial score (nSPS) is 17.1. The SMILES string of the molecule is Cc1ccncc1C(NN)C1=CCCO1. The second-order valence-corrected chi connectivity index (χ2v) is 3.58. The lowest BCUT2D eigenvalue weighted by Gasteiger charge is -2.18. The number of hydrogen-bond donors (Lipinski definition) is 2. The Balaban J connectivity index is 2.30. The van der Waals surface area contributed by atoms with Crippen LogP contribution in [-0.2, 0) is 4.74 Å². The number of ether oxygens (including phenoxy) is 1. The molecule has 0 spiro atoms. The van der Waals surface area contributed by atoms with Crippen molar-refractivity contribution in [1.29, 1.82) is 0 Å². The minimum atomic E-state index is -0.0822. The van der Waals surface area contributed by atoms with Crippen LogP contribution in [0.1, 0.15) is 23.6 Å². The molecule has 1 aliphatic rings. The minimum Gasteiger partial charge on any atom is -0.496 e. The number of pyridine rings is 1. The maximum Gasteiger partial charge on any atom is 0.115 e. The second-order valence-electron chi connectivity index (χ2n) is 3.58. The fourth-order valence-corrected chi connectivity index (χ4v) is 1.74. The van der Waals surface area contributed by atoms with E-state index in [1.54, 1.807) is 6.20 Å². The summed E-state index contributed by atoms with van der Waals surface area (Å²) in [6.45, 7) is 2.78. The summed E-state index contributed by atoms with van der Waals surface area (Å²) in [7, 11) is 0. The third-order valence-corrected chi connectivity index (χ3v) is 2.57. The van der Waals surface area contributed by atoms with Crippen molar-refractivity contribution >= 4 is 0 Å². The van der Waals surface area contributed by atoms with Gasteiger partial charge in [0.1, 0.15) is 11.8 Å². The molecule has 0 bridgehead atoms. The van der Waals surface area contributed by atoms with Crippen molar-refractivity contribution in [2.45, 2.75) is 19.4 Å². The van der Waals surface area contributed by atoms with E-state index in [0.29, 0.717) is 0 Å². The second kappa shape index (κ2) is 4.42. The van der Waals surface area contributed by atoms with E-state index in [0.717, 1.165) is 29.9 Å². The molecule has 0 saturated heterocycles. The van der Waals surface area contributed by atoms with Crippen molar-refractivity contribution in [2.75, 3.05) is 6.61 Å². The third kappa shape index (κ3) is 2.00. The topological polar surface area (TPSA) is 60.2 Å². The standard InChI is InChI=1S/C11H15N3O/c1-8-4-5-13-7-9(8)11(14-12)10-3-2-6-15-10/h3-5,7,11,14H,2,6,12H2,1H3. The smallest absolute Gasteiger partial charge is 0.115 e. The molecule has 2 heterocycles. The molecule has 1 atom stereocenters. The van der Waals surface area contributed by atoms with E-state index in [-0.39, 0.29) is 6.04 Å². The summed E-state index contributed by atoms with van der Waals surface area (Å²) in [5.74, 6) is 6.45. The summed E-state index contributed by atoms with van der Waals surface area (Å²) in [4.78, 5) is 4.11. The van der Waals surface area contributed by atoms with Gasteiger partial charge in [-0.3, -0.25) is 10.8 Å². The molecule has 80 valence electrons. The Hall–Kier alpha value is -1.39. The van der Waals surface area contributed by atoms with Crippen LogP contribution in [-0.4, -0.2) is 11.6 Å². The van der Waals surface area contributed by atoms with Gasteiger partial charge in [0.25, 0.3) is 0 Å². The van der Waals surface area contributed by atoms with Gasteiger partial charge in [-0.25, -0.2) is 5.43 Å². The predicted octanol–water partition coefficient (Wildman–Crippen LogP) is 1.20. The highest BCUT2D eigenvalue weighted by Gasteiger charge is 2.20. The first-order valence-corrected chi connectivity index (χ1v) is 5.02. The lowest BCUT2D eigenvalue weighted by molar-refractivity contribution is 0.215. The molecule has 0 amide bonds. The largest absolute Gasteiger partial charge is 0.496 e. The number of rotatable bonds is 3. The average molecular weight is 205 g/mol. The highest BCUT2D eigenvalue weighted by molar-refractivity contribution is 5.30. The molecule has 2 rings (SSSR count). The summed E-state index contributed by atoms with van der Waals surface area (Å²) >= 11 is 0. The van der Waals surface area contributed by atoms with E-state index >= 15 is 0 Å². The Morgan fingerprint density at radius 2 is 2.47 bits per heavy atom. The summed E-state index contributed by atoms with van der Waals surface area (Å²) in [6, 6.07) is 1.89. The molecule has 0 saturated carbocycles. The van der Waals surface area contributed by atoms with E-state index in [1.807, 2.05) is 19.2 Å². The summed E-state index contributed by atoms with van der Waals surface area (Å²) in [6.07, 6.45) is 6.61. The van der Waals surface area contributed by atoms with Gasteiger partial charge in [-0.15, -0.1) is 0 Å². The van der Waals surface area contributed by atoms with Gasteiger partial charge in [-0.2, -0.15) is 0 Å². The van der Waals surface area contributed by atoms with Crippen LogP contribution in [0.3, 0.4) is 0 Å². The molecule has 0 aromatic carbocycles. The number of nitrogens with two attached hydrogens (primary N) is 1. The van der Waals surface area contributed by atoms with Crippen molar-refractivity contribution < 1.29 is 4.74 Å². The zero-order chi connectivity index (χ0) is 10.7. The predicted molar refractivity (Wildman–Crippen MR) is 57.7 cm³/mol. The number of hydrazine groups is 1. The van der Waals surface area contributed by atoms with Crippen LogP contribution >= 0.6 is 0 Å². The van der Waals surface area contributed by atoms with Gasteiger partial charge in [-0.1, -0.05) is 0 Å². The van der Waals surface area contributed by atoms with Crippen LogP contribution in [0.25, 0.3) is 0 Å². The monoisotopic (exact) mass is 205 g/mol. The molecule has 1 aliphatic heterocycles. The van der Waals surface area contributed by atoms with Crippen molar-refractivity contribution in [3.63, 3.8) is 0 Å². The Bertz CT molecular complexity index is 376. The molecule has 0 radical (unpaired) electrons. The van der Waals surface area contributed by atoms with Crippen molar-refractivity contribution in [3.8, 4) is 0 Å². The first kappa shape index (κ1) is 10.1. The molecular formula is C11H15N3O. The fourth-order valence-electron chi connectivity index (χ4n) is 1.74. The van der Waals surface area contributed by atoms with Crippen molar-refractivity contribution in [3.05, 3.63) is 41.4 Å². The lowest BCUT2D eigenvalue weighted by Crippen LogP contribution is -2.30. The van der Waals surface area contributed by atoms with Crippen LogP contribution in [0, 0.1) is 6.92 Å². The summed E-state index contributed by atoms with van der Waals surface area (Å²) < 4.78 is 5.51. The van der Waals surface area contributed by atoms with Gasteiger partial charge in [0, 0.05) is 18.8 Å². The number of aromatic nitrogens is 1. The zero-order valence-corrected chi connectivity index (χ0v) is 8.73. The maximum atomic E-state index is 5.55. The van der Waals surface area contributed by atoms with Crippen LogP contribution < -0.4 is 11.3 Å². The summed E-state index contributed by atoms with van der Waals surface area (Å²) in [5, 5.41) is 0. The van der Waals surface area contributed by atoms with E-state index < -0.39 is 0 Å². The Morgan fingerprint density at radius 3 is 3.07 bits per heavy atom. The van der Waals surface area contributed by atoms with Gasteiger partial charge >= 0.3 is 0 Å². The molecule has 0 aliphatic carbocycles. The zero-order valence-electron chi connectivity index (χ0n) is 8.73. The van der Waals surface area contributed by atoms with Crippen molar-refractivity contribution in [1.82, 2.24) is 10.4 Å². The average Bonchev–Trinajstić information content (AvgIpc) is 2.75. The first-order chi connectivity index (χ1) is 7.33.